The summed E-state index contributed by atoms with van der Waals surface area (Å²) >= 11 is 12.6. The van der Waals surface area contributed by atoms with Crippen LogP contribution in [0, 0.1) is 19.8 Å². The van der Waals surface area contributed by atoms with Crippen molar-refractivity contribution in [3.8, 4) is 17.2 Å². The van der Waals surface area contributed by atoms with Gasteiger partial charge in [0.1, 0.15) is 11.5 Å². The molecule has 0 aliphatic heterocycles. The fraction of sp³-hybridized carbons (Fsp3) is 0.300. The van der Waals surface area contributed by atoms with E-state index in [1.54, 1.807) is 25.1 Å². The first-order valence-corrected chi connectivity index (χ1v) is 9.12. The fourth-order valence-electron chi connectivity index (χ4n) is 2.26. The minimum Gasteiger partial charge on any atom is -0.454 e. The molecule has 0 saturated carbocycles. The molecule has 1 N–H and O–H groups in total. The molecule has 2 rings (SSSR count). The molecular weight excluding hydrogens is 389 g/mol. The molecule has 0 saturated heterocycles. The Hall–Kier alpha value is -2.24. The number of halogens is 2. The molecule has 1 amide bonds. The van der Waals surface area contributed by atoms with Crippen LogP contribution < -0.4 is 14.8 Å². The number of rotatable bonds is 5. The van der Waals surface area contributed by atoms with Gasteiger partial charge in [0.25, 0.3) is 0 Å². The minimum atomic E-state index is -0.464. The van der Waals surface area contributed by atoms with E-state index in [1.807, 2.05) is 20.8 Å². The number of hydrogen-bond acceptors (Lipinski definition) is 4. The molecule has 5 nitrogen and oxygen atoms in total. The predicted molar refractivity (Wildman–Crippen MR) is 107 cm³/mol. The maximum absolute atomic E-state index is 11.9. The molecule has 0 aliphatic carbocycles. The summed E-state index contributed by atoms with van der Waals surface area (Å²) in [6.45, 7) is 8.52. The number of carbonyl (C=O) groups is 2. The molecule has 0 heterocycles. The Morgan fingerprint density at radius 1 is 1.11 bits per heavy atom. The number of anilines is 1. The molecule has 0 aliphatic rings. The Kier molecular flexibility index (Phi) is 6.73. The number of carbonyl (C=O) groups excluding carboxylic acids is 2. The third kappa shape index (κ3) is 5.15. The lowest BCUT2D eigenvalue weighted by Crippen LogP contribution is -2.18. The van der Waals surface area contributed by atoms with Gasteiger partial charge in [-0.05, 0) is 37.6 Å². The summed E-state index contributed by atoms with van der Waals surface area (Å²) in [6, 6.07) is 6.74. The van der Waals surface area contributed by atoms with Crippen LogP contribution in [0.2, 0.25) is 10.0 Å². The lowest BCUT2D eigenvalue weighted by atomic mass is 10.1. The highest BCUT2D eigenvalue weighted by Crippen LogP contribution is 2.43. The molecule has 0 unspecified atom stereocenters. The summed E-state index contributed by atoms with van der Waals surface area (Å²) in [6.07, 6.45) is 0. The van der Waals surface area contributed by atoms with E-state index in [9.17, 15) is 9.59 Å². The Morgan fingerprint density at radius 3 is 2.33 bits per heavy atom. The van der Waals surface area contributed by atoms with Gasteiger partial charge in [-0.3, -0.25) is 9.59 Å². The predicted octanol–water partition coefficient (Wildman–Crippen LogP) is 5.92. The third-order valence-electron chi connectivity index (χ3n) is 3.83. The average molecular weight is 410 g/mol. The van der Waals surface area contributed by atoms with Crippen LogP contribution in [0.5, 0.6) is 17.2 Å². The number of esters is 1. The summed E-state index contributed by atoms with van der Waals surface area (Å²) in [7, 11) is 0. The molecule has 0 radical (unpaired) electrons. The normalized spacial score (nSPS) is 10.7. The Bertz CT molecular complexity index is 894. The van der Waals surface area contributed by atoms with E-state index in [4.69, 9.17) is 32.7 Å². The smallest absolute Gasteiger partial charge is 0.308 e. The van der Waals surface area contributed by atoms with Gasteiger partial charge in [0.15, 0.2) is 5.75 Å². The number of amides is 1. The summed E-state index contributed by atoms with van der Waals surface area (Å²) < 4.78 is 11.0. The highest BCUT2D eigenvalue weighted by atomic mass is 35.5. The Labute approximate surface area is 168 Å². The van der Waals surface area contributed by atoms with Crippen molar-refractivity contribution < 1.29 is 19.1 Å². The minimum absolute atomic E-state index is 0.0606. The third-order valence-corrected chi connectivity index (χ3v) is 4.56. The van der Waals surface area contributed by atoms with Crippen molar-refractivity contribution in [1.29, 1.82) is 0 Å². The number of benzene rings is 2. The highest BCUT2D eigenvalue weighted by Gasteiger charge is 2.18. The van der Waals surface area contributed by atoms with E-state index in [0.717, 1.165) is 5.56 Å². The van der Waals surface area contributed by atoms with Crippen LogP contribution in [0.15, 0.2) is 24.3 Å². The van der Waals surface area contributed by atoms with Crippen LogP contribution in [0.25, 0.3) is 0 Å². The van der Waals surface area contributed by atoms with Crippen molar-refractivity contribution in [3.05, 3.63) is 45.4 Å². The van der Waals surface area contributed by atoms with E-state index in [0.29, 0.717) is 17.0 Å². The average Bonchev–Trinajstić information content (AvgIpc) is 2.58. The zero-order chi connectivity index (χ0) is 20.3. The maximum atomic E-state index is 11.9. The van der Waals surface area contributed by atoms with Crippen molar-refractivity contribution in [2.75, 3.05) is 5.32 Å². The number of hydrogen-bond donors (Lipinski definition) is 1. The zero-order valence-corrected chi connectivity index (χ0v) is 17.3. The summed E-state index contributed by atoms with van der Waals surface area (Å²) in [4.78, 5) is 23.0. The molecular formula is C20H21Cl2NO4. The van der Waals surface area contributed by atoms with Crippen molar-refractivity contribution >= 4 is 40.8 Å². The standard InChI is InChI=1S/C20H21Cl2NO4/c1-10(2)20(25)23-16-7-6-14(8-11(16)3)27-19-15(21)9-17(26-13(5)24)12(4)18(19)22/h6-10H,1-5H3,(H,23,25). The Balaban J connectivity index is 2.29. The van der Waals surface area contributed by atoms with E-state index < -0.39 is 5.97 Å². The van der Waals surface area contributed by atoms with Crippen molar-refractivity contribution in [3.63, 3.8) is 0 Å². The van der Waals surface area contributed by atoms with E-state index in [1.165, 1.54) is 13.0 Å². The fourth-order valence-corrected chi connectivity index (χ4v) is 2.78. The number of nitrogens with one attached hydrogen (secondary N) is 1. The van der Waals surface area contributed by atoms with Crippen molar-refractivity contribution in [2.24, 2.45) is 5.92 Å². The van der Waals surface area contributed by atoms with Crippen LogP contribution in [0.1, 0.15) is 31.9 Å². The lowest BCUT2D eigenvalue weighted by molar-refractivity contribution is -0.132. The van der Waals surface area contributed by atoms with Gasteiger partial charge in [-0.1, -0.05) is 37.0 Å². The first-order valence-electron chi connectivity index (χ1n) is 8.36. The molecule has 0 spiro atoms. The summed E-state index contributed by atoms with van der Waals surface area (Å²) in [5, 5.41) is 3.34. The first kappa shape index (κ1) is 21.1. The molecule has 7 heteroatoms. The molecule has 144 valence electrons. The quantitative estimate of drug-likeness (QED) is 0.491. The zero-order valence-electron chi connectivity index (χ0n) is 15.8. The summed E-state index contributed by atoms with van der Waals surface area (Å²) in [5.74, 6) is 0.427. The van der Waals surface area contributed by atoms with E-state index in [2.05, 4.69) is 5.32 Å². The van der Waals surface area contributed by atoms with E-state index >= 15 is 0 Å². The van der Waals surface area contributed by atoms with Crippen molar-refractivity contribution in [1.82, 2.24) is 0 Å². The van der Waals surface area contributed by atoms with Gasteiger partial charge in [-0.25, -0.2) is 0 Å². The first-order chi connectivity index (χ1) is 12.6. The van der Waals surface area contributed by atoms with Gasteiger partial charge >= 0.3 is 5.97 Å². The second-order valence-corrected chi connectivity index (χ2v) is 7.23. The van der Waals surface area contributed by atoms with Crippen molar-refractivity contribution in [2.45, 2.75) is 34.6 Å². The number of ether oxygens (including phenoxy) is 2. The van der Waals surface area contributed by atoms with Crippen LogP contribution in [0.4, 0.5) is 5.69 Å². The molecule has 0 atom stereocenters. The van der Waals surface area contributed by atoms with Crippen LogP contribution >= 0.6 is 23.2 Å². The van der Waals surface area contributed by atoms with E-state index in [-0.39, 0.29) is 33.4 Å². The second-order valence-electron chi connectivity index (χ2n) is 6.44. The second kappa shape index (κ2) is 8.63. The largest absolute Gasteiger partial charge is 0.454 e. The van der Waals surface area contributed by atoms with Crippen LogP contribution in [-0.2, 0) is 9.59 Å². The maximum Gasteiger partial charge on any atom is 0.308 e. The number of aryl methyl sites for hydroxylation is 1. The summed E-state index contributed by atoms with van der Waals surface area (Å²) in [5.41, 5.74) is 2.09. The van der Waals surface area contributed by atoms with Crippen LogP contribution in [-0.4, -0.2) is 11.9 Å². The molecule has 0 bridgehead atoms. The SMILES string of the molecule is CC(=O)Oc1cc(Cl)c(Oc2ccc(NC(=O)C(C)C)c(C)c2)c(Cl)c1C. The highest BCUT2D eigenvalue weighted by molar-refractivity contribution is 6.38. The monoisotopic (exact) mass is 409 g/mol. The molecule has 2 aromatic carbocycles. The van der Waals surface area contributed by atoms with Gasteiger partial charge < -0.3 is 14.8 Å². The lowest BCUT2D eigenvalue weighted by Gasteiger charge is -2.16. The topological polar surface area (TPSA) is 64.6 Å². The molecule has 0 aromatic heterocycles. The Morgan fingerprint density at radius 2 is 1.78 bits per heavy atom. The van der Waals surface area contributed by atoms with Gasteiger partial charge in [0.2, 0.25) is 5.91 Å². The molecule has 2 aromatic rings. The molecule has 0 fully saturated rings. The van der Waals surface area contributed by atoms with Crippen LogP contribution in [0.3, 0.4) is 0 Å². The van der Waals surface area contributed by atoms with Gasteiger partial charge in [-0.2, -0.15) is 0 Å². The van der Waals surface area contributed by atoms with Gasteiger partial charge in [-0.15, -0.1) is 0 Å². The van der Waals surface area contributed by atoms with Gasteiger partial charge in [0.05, 0.1) is 10.0 Å². The molecule has 27 heavy (non-hydrogen) atoms. The van der Waals surface area contributed by atoms with Gasteiger partial charge in [0, 0.05) is 30.2 Å².